The summed E-state index contributed by atoms with van der Waals surface area (Å²) in [7, 11) is 0. The van der Waals surface area contributed by atoms with Crippen molar-refractivity contribution in [3.05, 3.63) is 0 Å². The topological polar surface area (TPSA) is 70.0 Å². The monoisotopic (exact) mass is 255 g/mol. The third-order valence-corrected chi connectivity index (χ3v) is 2.99. The van der Waals surface area contributed by atoms with Gasteiger partial charge in [0.25, 0.3) is 0 Å². The summed E-state index contributed by atoms with van der Waals surface area (Å²) >= 11 is 0. The molecule has 1 rings (SSSR count). The standard InChI is InChI=1S/C13H21NO4/c1-4-5-6-7-8-11(15)10-9-18-13(2,3)14(10)12(16)17/h10-11,15H,4-6,9H2,1-3H3,(H,16,17)/t10-,11+/m0/s1. The van der Waals surface area contributed by atoms with Crippen molar-refractivity contribution in [1.29, 1.82) is 0 Å². The molecule has 1 heterocycles. The minimum Gasteiger partial charge on any atom is -0.465 e. The molecule has 0 saturated carbocycles. The molecular formula is C13H21NO4. The maximum Gasteiger partial charge on any atom is 0.410 e. The highest BCUT2D eigenvalue weighted by atomic mass is 16.5. The fourth-order valence-electron chi connectivity index (χ4n) is 1.98. The van der Waals surface area contributed by atoms with Crippen LogP contribution in [0.1, 0.15) is 40.0 Å². The van der Waals surface area contributed by atoms with Crippen molar-refractivity contribution in [2.24, 2.45) is 0 Å². The van der Waals surface area contributed by atoms with Gasteiger partial charge in [0.2, 0.25) is 0 Å². The van der Waals surface area contributed by atoms with Crippen LogP contribution in [0.4, 0.5) is 4.79 Å². The first-order chi connectivity index (χ1) is 8.40. The highest BCUT2D eigenvalue weighted by molar-refractivity contribution is 5.67. The van der Waals surface area contributed by atoms with Crippen molar-refractivity contribution in [2.45, 2.75) is 57.9 Å². The first-order valence-corrected chi connectivity index (χ1v) is 6.23. The molecule has 0 unspecified atom stereocenters. The fourth-order valence-corrected chi connectivity index (χ4v) is 1.98. The van der Waals surface area contributed by atoms with Crippen molar-refractivity contribution < 1.29 is 19.7 Å². The molecule has 0 bridgehead atoms. The number of hydrogen-bond acceptors (Lipinski definition) is 3. The number of carboxylic acid groups (broad SMARTS) is 1. The second kappa shape index (κ2) is 6.07. The van der Waals surface area contributed by atoms with Gasteiger partial charge >= 0.3 is 6.09 Å². The van der Waals surface area contributed by atoms with Gasteiger partial charge in [0.15, 0.2) is 0 Å². The largest absolute Gasteiger partial charge is 0.465 e. The summed E-state index contributed by atoms with van der Waals surface area (Å²) in [6.07, 6.45) is 0.648. The van der Waals surface area contributed by atoms with Crippen LogP contribution in [0.5, 0.6) is 0 Å². The van der Waals surface area contributed by atoms with E-state index in [1.807, 2.05) is 0 Å². The van der Waals surface area contributed by atoms with Crippen molar-refractivity contribution in [3.63, 3.8) is 0 Å². The van der Waals surface area contributed by atoms with Crippen molar-refractivity contribution in [3.8, 4) is 11.8 Å². The molecule has 1 amide bonds. The van der Waals surface area contributed by atoms with Crippen LogP contribution in [0.3, 0.4) is 0 Å². The number of aliphatic hydroxyl groups is 1. The zero-order valence-electron chi connectivity index (χ0n) is 11.1. The Morgan fingerprint density at radius 3 is 2.83 bits per heavy atom. The first kappa shape index (κ1) is 14.8. The summed E-state index contributed by atoms with van der Waals surface area (Å²) < 4.78 is 5.39. The molecule has 2 N–H and O–H groups in total. The van der Waals surface area contributed by atoms with E-state index in [9.17, 15) is 9.90 Å². The Hall–Kier alpha value is -1.25. The van der Waals surface area contributed by atoms with Crippen LogP contribution in [-0.2, 0) is 4.74 Å². The molecule has 5 heteroatoms. The van der Waals surface area contributed by atoms with E-state index in [-0.39, 0.29) is 6.61 Å². The van der Waals surface area contributed by atoms with E-state index in [4.69, 9.17) is 9.84 Å². The number of ether oxygens (including phenoxy) is 1. The van der Waals surface area contributed by atoms with Crippen LogP contribution in [0.25, 0.3) is 0 Å². The minimum absolute atomic E-state index is 0.170. The normalized spacial score (nSPS) is 23.3. The molecule has 0 aromatic rings. The first-order valence-electron chi connectivity index (χ1n) is 6.23. The van der Waals surface area contributed by atoms with Gasteiger partial charge in [0.05, 0.1) is 12.6 Å². The van der Waals surface area contributed by atoms with Crippen molar-refractivity contribution >= 4 is 6.09 Å². The lowest BCUT2D eigenvalue weighted by molar-refractivity contribution is -0.0447. The molecule has 0 aromatic heterocycles. The lowest BCUT2D eigenvalue weighted by Gasteiger charge is -2.31. The molecular weight excluding hydrogens is 234 g/mol. The maximum absolute atomic E-state index is 11.2. The number of unbranched alkanes of at least 4 members (excludes halogenated alkanes) is 2. The lowest BCUT2D eigenvalue weighted by Crippen LogP contribution is -2.51. The lowest BCUT2D eigenvalue weighted by atomic mass is 10.1. The Morgan fingerprint density at radius 1 is 1.61 bits per heavy atom. The average Bonchev–Trinajstić information content (AvgIpc) is 2.60. The molecule has 2 atom stereocenters. The molecule has 1 saturated heterocycles. The van der Waals surface area contributed by atoms with Gasteiger partial charge < -0.3 is 14.9 Å². The summed E-state index contributed by atoms with van der Waals surface area (Å²) in [5, 5.41) is 19.1. The highest BCUT2D eigenvalue weighted by Gasteiger charge is 2.46. The van der Waals surface area contributed by atoms with Gasteiger partial charge in [-0.15, -0.1) is 5.92 Å². The summed E-state index contributed by atoms with van der Waals surface area (Å²) in [4.78, 5) is 12.3. The molecule has 0 spiro atoms. The molecule has 1 aliphatic rings. The number of hydrogen-bond donors (Lipinski definition) is 2. The Labute approximate surface area is 108 Å². The zero-order chi connectivity index (χ0) is 13.8. The highest BCUT2D eigenvalue weighted by Crippen LogP contribution is 2.28. The predicted octanol–water partition coefficient (Wildman–Crippen LogP) is 1.66. The average molecular weight is 255 g/mol. The van der Waals surface area contributed by atoms with E-state index in [1.54, 1.807) is 13.8 Å². The van der Waals surface area contributed by atoms with Gasteiger partial charge in [-0.05, 0) is 20.3 Å². The quantitative estimate of drug-likeness (QED) is 0.594. The Morgan fingerprint density at radius 2 is 2.28 bits per heavy atom. The van der Waals surface area contributed by atoms with Crippen LogP contribution >= 0.6 is 0 Å². The van der Waals surface area contributed by atoms with Gasteiger partial charge in [0, 0.05) is 6.42 Å². The summed E-state index contributed by atoms with van der Waals surface area (Å²) in [6.45, 7) is 5.57. The van der Waals surface area contributed by atoms with E-state index in [0.717, 1.165) is 24.2 Å². The molecule has 1 aliphatic heterocycles. The van der Waals surface area contributed by atoms with E-state index in [1.165, 1.54) is 0 Å². The number of amides is 1. The van der Waals surface area contributed by atoms with E-state index < -0.39 is 24.0 Å². The molecule has 1 fully saturated rings. The van der Waals surface area contributed by atoms with Crippen LogP contribution in [-0.4, -0.2) is 45.7 Å². The van der Waals surface area contributed by atoms with Crippen molar-refractivity contribution in [2.75, 3.05) is 6.61 Å². The Bertz CT molecular complexity index is 356. The molecule has 18 heavy (non-hydrogen) atoms. The Kier molecular flexibility index (Phi) is 5.00. The number of nitrogens with zero attached hydrogens (tertiary/aromatic N) is 1. The van der Waals surface area contributed by atoms with Gasteiger partial charge in [-0.1, -0.05) is 19.3 Å². The van der Waals surface area contributed by atoms with Gasteiger partial charge in [-0.25, -0.2) is 4.79 Å². The van der Waals surface area contributed by atoms with E-state index >= 15 is 0 Å². The third-order valence-electron chi connectivity index (χ3n) is 2.99. The van der Waals surface area contributed by atoms with Gasteiger partial charge in [0.1, 0.15) is 11.8 Å². The Balaban J connectivity index is 2.69. The molecule has 0 aliphatic carbocycles. The van der Waals surface area contributed by atoms with Crippen LogP contribution < -0.4 is 0 Å². The molecule has 5 nitrogen and oxygen atoms in total. The predicted molar refractivity (Wildman–Crippen MR) is 67.0 cm³/mol. The number of rotatable bonds is 3. The number of aliphatic hydroxyl groups excluding tert-OH is 1. The van der Waals surface area contributed by atoms with Gasteiger partial charge in [-0.2, -0.15) is 0 Å². The maximum atomic E-state index is 11.2. The molecule has 0 aromatic carbocycles. The molecule has 0 radical (unpaired) electrons. The summed E-state index contributed by atoms with van der Waals surface area (Å²) in [6, 6.07) is -0.619. The fraction of sp³-hybridized carbons (Fsp3) is 0.769. The third kappa shape index (κ3) is 3.37. The summed E-state index contributed by atoms with van der Waals surface area (Å²) in [5.74, 6) is 5.58. The smallest absolute Gasteiger partial charge is 0.410 e. The minimum atomic E-state index is -1.10. The summed E-state index contributed by atoms with van der Waals surface area (Å²) in [5.41, 5.74) is -0.914. The van der Waals surface area contributed by atoms with Gasteiger partial charge in [-0.3, -0.25) is 4.90 Å². The second-order valence-electron chi connectivity index (χ2n) is 4.85. The van der Waals surface area contributed by atoms with E-state index in [2.05, 4.69) is 18.8 Å². The SMILES string of the molecule is CCCCC#C[C@@H](O)[C@@H]1COC(C)(C)N1C(=O)O. The van der Waals surface area contributed by atoms with Crippen LogP contribution in [0, 0.1) is 11.8 Å². The molecule has 102 valence electrons. The second-order valence-corrected chi connectivity index (χ2v) is 4.85. The van der Waals surface area contributed by atoms with Crippen LogP contribution in [0.15, 0.2) is 0 Å². The van der Waals surface area contributed by atoms with E-state index in [0.29, 0.717) is 0 Å². The van der Waals surface area contributed by atoms with Crippen LogP contribution in [0.2, 0.25) is 0 Å². The zero-order valence-corrected chi connectivity index (χ0v) is 11.1. The number of carbonyl (C=O) groups is 1. The van der Waals surface area contributed by atoms with Crippen molar-refractivity contribution in [1.82, 2.24) is 4.90 Å².